The fourth-order valence-electron chi connectivity index (χ4n) is 1.55. The maximum absolute atomic E-state index is 11.9. The number of unbranched alkanes of at least 4 members (excludes halogenated alkanes) is 2. The van der Waals surface area contributed by atoms with E-state index in [4.69, 9.17) is 0 Å². The molecule has 0 heterocycles. The maximum Gasteiger partial charge on any atom is 0.389 e. The summed E-state index contributed by atoms with van der Waals surface area (Å²) in [5, 5.41) is 10.1. The van der Waals surface area contributed by atoms with Crippen LogP contribution in [0, 0.1) is 5.41 Å². The molecule has 17 heavy (non-hydrogen) atoms. The van der Waals surface area contributed by atoms with E-state index in [1.165, 1.54) is 0 Å². The van der Waals surface area contributed by atoms with Crippen LogP contribution in [0.3, 0.4) is 0 Å². The molecule has 0 amide bonds. The largest absolute Gasteiger partial charge is 0.389 e. The number of hydrogen-bond acceptors (Lipinski definition) is 2. The van der Waals surface area contributed by atoms with Crippen molar-refractivity contribution in [3.8, 4) is 0 Å². The van der Waals surface area contributed by atoms with Gasteiger partial charge < -0.3 is 5.11 Å². The molecule has 1 unspecified atom stereocenters. The van der Waals surface area contributed by atoms with Gasteiger partial charge in [0.15, 0.2) is 0 Å². The third-order valence-corrected chi connectivity index (χ3v) is 4.14. The van der Waals surface area contributed by atoms with Crippen molar-refractivity contribution in [2.75, 3.05) is 5.75 Å². The third kappa shape index (κ3) is 6.55. The number of rotatable bonds is 7. The minimum atomic E-state index is -4.05. The van der Waals surface area contributed by atoms with E-state index in [9.17, 15) is 18.3 Å². The lowest BCUT2D eigenvalue weighted by Gasteiger charge is -2.39. The van der Waals surface area contributed by atoms with Crippen molar-refractivity contribution in [1.29, 1.82) is 0 Å². The molecule has 0 aromatic heterocycles. The Balaban J connectivity index is 3.89. The Bertz CT molecular complexity index is 224. The maximum atomic E-state index is 11.9. The topological polar surface area (TPSA) is 20.2 Å². The molecule has 1 N–H and O–H groups in total. The van der Waals surface area contributed by atoms with Crippen LogP contribution in [0.25, 0.3) is 0 Å². The summed E-state index contributed by atoms with van der Waals surface area (Å²) in [7, 11) is 0. The Morgan fingerprint density at radius 3 is 1.82 bits per heavy atom. The fourth-order valence-corrected chi connectivity index (χ4v) is 1.98. The van der Waals surface area contributed by atoms with Gasteiger partial charge in [0.05, 0.1) is 5.60 Å². The molecular formula is C12H23F3OS. The van der Waals surface area contributed by atoms with Crippen molar-refractivity contribution in [2.45, 2.75) is 64.7 Å². The van der Waals surface area contributed by atoms with Gasteiger partial charge in [-0.05, 0) is 25.2 Å². The highest BCUT2D eigenvalue weighted by atomic mass is 32.1. The van der Waals surface area contributed by atoms with E-state index in [2.05, 4.69) is 12.6 Å². The van der Waals surface area contributed by atoms with Gasteiger partial charge in [-0.1, -0.05) is 26.7 Å². The lowest BCUT2D eigenvalue weighted by Crippen LogP contribution is -2.43. The van der Waals surface area contributed by atoms with Crippen molar-refractivity contribution < 1.29 is 18.3 Å². The van der Waals surface area contributed by atoms with E-state index in [0.717, 1.165) is 0 Å². The van der Waals surface area contributed by atoms with Crippen molar-refractivity contribution in [1.82, 2.24) is 0 Å². The molecule has 0 bridgehead atoms. The first-order valence-electron chi connectivity index (χ1n) is 5.92. The highest BCUT2D eigenvalue weighted by Gasteiger charge is 2.37. The lowest BCUT2D eigenvalue weighted by molar-refractivity contribution is -0.135. The van der Waals surface area contributed by atoms with Gasteiger partial charge in [-0.3, -0.25) is 0 Å². The summed E-state index contributed by atoms with van der Waals surface area (Å²) in [6.45, 7) is 5.57. The van der Waals surface area contributed by atoms with E-state index in [1.807, 2.05) is 13.8 Å². The van der Waals surface area contributed by atoms with Gasteiger partial charge >= 0.3 is 6.18 Å². The first-order valence-corrected chi connectivity index (χ1v) is 6.55. The Hall–Kier alpha value is 0.100. The summed E-state index contributed by atoms with van der Waals surface area (Å²) >= 11 is 4.10. The quantitative estimate of drug-likeness (QED) is 0.525. The molecule has 5 heteroatoms. The lowest BCUT2D eigenvalue weighted by atomic mass is 9.73. The van der Waals surface area contributed by atoms with E-state index in [1.54, 1.807) is 6.92 Å². The van der Waals surface area contributed by atoms with Crippen LogP contribution in [-0.2, 0) is 0 Å². The molecular weight excluding hydrogens is 249 g/mol. The van der Waals surface area contributed by atoms with E-state index >= 15 is 0 Å². The summed E-state index contributed by atoms with van der Waals surface area (Å²) in [6.07, 6.45) is -2.64. The summed E-state index contributed by atoms with van der Waals surface area (Å²) < 4.78 is 35.7. The van der Waals surface area contributed by atoms with E-state index in [-0.39, 0.29) is 11.8 Å². The van der Waals surface area contributed by atoms with E-state index in [0.29, 0.717) is 25.0 Å². The van der Waals surface area contributed by atoms with Gasteiger partial charge in [-0.2, -0.15) is 25.8 Å². The first kappa shape index (κ1) is 17.1. The molecule has 0 saturated heterocycles. The number of aliphatic hydroxyl groups is 1. The Kier molecular flexibility index (Phi) is 6.36. The average Bonchev–Trinajstić information content (AvgIpc) is 2.15. The van der Waals surface area contributed by atoms with Crippen LogP contribution in [-0.4, -0.2) is 22.6 Å². The highest BCUT2D eigenvalue weighted by Crippen LogP contribution is 2.37. The summed E-state index contributed by atoms with van der Waals surface area (Å²) in [5.41, 5.74) is -1.22. The van der Waals surface area contributed by atoms with Gasteiger partial charge in [0.25, 0.3) is 0 Å². The minimum absolute atomic E-state index is 0.169. The molecule has 0 spiro atoms. The molecule has 0 aromatic rings. The summed E-state index contributed by atoms with van der Waals surface area (Å²) in [6, 6.07) is 0. The molecule has 0 aliphatic carbocycles. The van der Waals surface area contributed by atoms with Gasteiger partial charge in [-0.15, -0.1) is 0 Å². The van der Waals surface area contributed by atoms with Crippen LogP contribution in [0.2, 0.25) is 0 Å². The van der Waals surface area contributed by atoms with Gasteiger partial charge in [-0.25, -0.2) is 0 Å². The minimum Gasteiger partial charge on any atom is -0.389 e. The van der Waals surface area contributed by atoms with Crippen LogP contribution >= 0.6 is 12.6 Å². The zero-order valence-electron chi connectivity index (χ0n) is 10.8. The molecule has 0 aliphatic heterocycles. The molecule has 0 rings (SSSR count). The predicted molar refractivity (Wildman–Crippen MR) is 67.4 cm³/mol. The smallest absolute Gasteiger partial charge is 0.389 e. The van der Waals surface area contributed by atoms with Gasteiger partial charge in [0.1, 0.15) is 0 Å². The number of halogens is 3. The van der Waals surface area contributed by atoms with Crippen molar-refractivity contribution in [3.63, 3.8) is 0 Å². The summed E-state index contributed by atoms with van der Waals surface area (Å²) in [4.78, 5) is 0. The standard InChI is InChI=1S/C12H23F3OS/c1-10(2,11(3,16)9-17)7-5-4-6-8-12(13,14)15/h16-17H,4-9H2,1-3H3. The van der Waals surface area contributed by atoms with Crippen molar-refractivity contribution in [2.24, 2.45) is 5.41 Å². The molecule has 0 fully saturated rings. The molecule has 0 radical (unpaired) electrons. The van der Waals surface area contributed by atoms with E-state index < -0.39 is 18.2 Å². The Morgan fingerprint density at radius 2 is 1.41 bits per heavy atom. The molecule has 0 aliphatic rings. The van der Waals surface area contributed by atoms with Crippen LogP contribution in [0.1, 0.15) is 52.9 Å². The second-order valence-electron chi connectivity index (χ2n) is 5.49. The predicted octanol–water partition coefficient (Wildman–Crippen LogP) is 4.21. The van der Waals surface area contributed by atoms with Crippen LogP contribution in [0.5, 0.6) is 0 Å². The van der Waals surface area contributed by atoms with Crippen LogP contribution < -0.4 is 0 Å². The first-order chi connectivity index (χ1) is 7.52. The van der Waals surface area contributed by atoms with Crippen LogP contribution in [0.15, 0.2) is 0 Å². The van der Waals surface area contributed by atoms with Gasteiger partial charge in [0.2, 0.25) is 0 Å². The summed E-state index contributed by atoms with van der Waals surface area (Å²) in [5.74, 6) is 0.350. The van der Waals surface area contributed by atoms with Crippen molar-refractivity contribution in [3.05, 3.63) is 0 Å². The second kappa shape index (κ2) is 6.32. The Labute approximate surface area is 107 Å². The normalized spacial score (nSPS) is 16.9. The highest BCUT2D eigenvalue weighted by molar-refractivity contribution is 7.80. The van der Waals surface area contributed by atoms with Crippen LogP contribution in [0.4, 0.5) is 13.2 Å². The monoisotopic (exact) mass is 272 g/mol. The zero-order chi connectivity index (χ0) is 13.7. The number of hydrogen-bond donors (Lipinski definition) is 2. The molecule has 1 nitrogen and oxygen atoms in total. The average molecular weight is 272 g/mol. The fraction of sp³-hybridized carbons (Fsp3) is 1.00. The SMILES string of the molecule is CC(C)(CCCCCC(F)(F)F)C(C)(O)CS. The number of thiol groups is 1. The molecule has 104 valence electrons. The Morgan fingerprint density at radius 1 is 0.941 bits per heavy atom. The molecule has 0 aromatic carbocycles. The number of alkyl halides is 3. The zero-order valence-corrected chi connectivity index (χ0v) is 11.7. The molecule has 0 saturated carbocycles. The second-order valence-corrected chi connectivity index (χ2v) is 5.81. The van der Waals surface area contributed by atoms with Crippen molar-refractivity contribution >= 4 is 12.6 Å². The van der Waals surface area contributed by atoms with Gasteiger partial charge in [0, 0.05) is 12.2 Å². The third-order valence-electron chi connectivity index (χ3n) is 3.53. The molecule has 1 atom stereocenters.